The fourth-order valence-corrected chi connectivity index (χ4v) is 2.70. The average molecular weight is 290 g/mol. The number of amides is 1. The van der Waals surface area contributed by atoms with Gasteiger partial charge in [0.2, 0.25) is 0 Å². The Balaban J connectivity index is 2.88. The van der Waals surface area contributed by atoms with E-state index in [0.717, 1.165) is 12.0 Å². The van der Waals surface area contributed by atoms with Crippen LogP contribution in [0, 0.1) is 6.92 Å². The van der Waals surface area contributed by atoms with Gasteiger partial charge in [-0.05, 0) is 24.3 Å². The predicted molar refractivity (Wildman–Crippen MR) is 72.3 cm³/mol. The van der Waals surface area contributed by atoms with Crippen molar-refractivity contribution in [2.45, 2.75) is 20.3 Å². The molecule has 0 unspecified atom stereocenters. The number of carbonyl (C=O) groups is 2. The maximum atomic E-state index is 12.3. The highest BCUT2D eigenvalue weighted by molar-refractivity contribution is 7.13. The van der Waals surface area contributed by atoms with Crippen molar-refractivity contribution in [1.82, 2.24) is 4.90 Å². The summed E-state index contributed by atoms with van der Waals surface area (Å²) in [4.78, 5) is 25.5. The van der Waals surface area contributed by atoms with Crippen molar-refractivity contribution in [3.8, 4) is 0 Å². The lowest BCUT2D eigenvalue weighted by Crippen LogP contribution is -2.36. The molecule has 1 amide bonds. The van der Waals surface area contributed by atoms with E-state index in [1.54, 1.807) is 0 Å². The minimum atomic E-state index is -0.429. The lowest BCUT2D eigenvalue weighted by Gasteiger charge is -2.20. The van der Waals surface area contributed by atoms with E-state index >= 15 is 0 Å². The van der Waals surface area contributed by atoms with Crippen molar-refractivity contribution in [3.63, 3.8) is 0 Å². The summed E-state index contributed by atoms with van der Waals surface area (Å²) in [6.07, 6.45) is 0.769. The second-order valence-corrected chi connectivity index (χ2v) is 5.12. The Kier molecular flexibility index (Phi) is 5.62. The number of rotatable bonds is 5. The van der Waals surface area contributed by atoms with E-state index in [1.807, 2.05) is 19.2 Å². The van der Waals surface area contributed by atoms with Crippen LogP contribution in [-0.2, 0) is 9.53 Å². The molecule has 0 aliphatic rings. The number of hydrogen-bond donors (Lipinski definition) is 0. The van der Waals surface area contributed by atoms with Crippen molar-refractivity contribution in [2.24, 2.45) is 0 Å². The number of halogens is 1. The molecular weight excluding hydrogens is 274 g/mol. The van der Waals surface area contributed by atoms with Crippen LogP contribution in [0.3, 0.4) is 0 Å². The standard InChI is InChI=1S/C12H16ClNO3S/c1-4-5-14(6-9(15)17-3)12(16)11-10(13)8(2)7-18-11/h7H,4-6H2,1-3H3. The molecule has 0 fully saturated rings. The van der Waals surface area contributed by atoms with Crippen molar-refractivity contribution in [3.05, 3.63) is 20.8 Å². The molecule has 1 aromatic rings. The van der Waals surface area contributed by atoms with E-state index in [0.29, 0.717) is 16.4 Å². The zero-order chi connectivity index (χ0) is 13.7. The number of esters is 1. The molecule has 0 saturated heterocycles. The van der Waals surface area contributed by atoms with Crippen LogP contribution in [0.4, 0.5) is 0 Å². The molecule has 1 heterocycles. The van der Waals surface area contributed by atoms with E-state index in [1.165, 1.54) is 23.3 Å². The van der Waals surface area contributed by atoms with Crippen LogP contribution in [0.15, 0.2) is 5.38 Å². The molecule has 0 aliphatic carbocycles. The second kappa shape index (κ2) is 6.75. The lowest BCUT2D eigenvalue weighted by atomic mass is 10.3. The van der Waals surface area contributed by atoms with Crippen LogP contribution in [0.1, 0.15) is 28.6 Å². The molecular formula is C12H16ClNO3S. The summed E-state index contributed by atoms with van der Waals surface area (Å²) in [5.74, 6) is -0.647. The Bertz CT molecular complexity index is 445. The summed E-state index contributed by atoms with van der Waals surface area (Å²) in [5, 5.41) is 2.30. The molecule has 1 rings (SSSR count). The molecule has 0 atom stereocenters. The zero-order valence-electron chi connectivity index (χ0n) is 10.7. The number of thiophene rings is 1. The zero-order valence-corrected chi connectivity index (χ0v) is 12.2. The second-order valence-electron chi connectivity index (χ2n) is 3.86. The minimum Gasteiger partial charge on any atom is -0.468 e. The first-order chi connectivity index (χ1) is 8.51. The van der Waals surface area contributed by atoms with Crippen molar-refractivity contribution >= 4 is 34.8 Å². The quantitative estimate of drug-likeness (QED) is 0.783. The first kappa shape index (κ1) is 15.0. The summed E-state index contributed by atoms with van der Waals surface area (Å²) in [6.45, 7) is 4.25. The van der Waals surface area contributed by atoms with Gasteiger partial charge in [0.15, 0.2) is 0 Å². The van der Waals surface area contributed by atoms with Gasteiger partial charge in [-0.25, -0.2) is 0 Å². The largest absolute Gasteiger partial charge is 0.468 e. The van der Waals surface area contributed by atoms with Crippen LogP contribution in [-0.4, -0.2) is 37.0 Å². The van der Waals surface area contributed by atoms with E-state index in [-0.39, 0.29) is 12.5 Å². The molecule has 6 heteroatoms. The van der Waals surface area contributed by atoms with E-state index in [4.69, 9.17) is 11.6 Å². The number of methoxy groups -OCH3 is 1. The van der Waals surface area contributed by atoms with Gasteiger partial charge in [0.05, 0.1) is 12.1 Å². The molecule has 1 aromatic heterocycles. The molecule has 0 radical (unpaired) electrons. The summed E-state index contributed by atoms with van der Waals surface area (Å²) in [5.41, 5.74) is 0.875. The monoisotopic (exact) mass is 289 g/mol. The van der Waals surface area contributed by atoms with Gasteiger partial charge < -0.3 is 9.64 Å². The molecule has 18 heavy (non-hydrogen) atoms. The van der Waals surface area contributed by atoms with Crippen LogP contribution in [0.25, 0.3) is 0 Å². The Morgan fingerprint density at radius 2 is 2.17 bits per heavy atom. The number of ether oxygens (including phenoxy) is 1. The van der Waals surface area contributed by atoms with Crippen LogP contribution >= 0.6 is 22.9 Å². The Morgan fingerprint density at radius 1 is 1.50 bits per heavy atom. The molecule has 100 valence electrons. The highest BCUT2D eigenvalue weighted by Crippen LogP contribution is 2.28. The molecule has 0 N–H and O–H groups in total. The highest BCUT2D eigenvalue weighted by Gasteiger charge is 2.22. The summed E-state index contributed by atoms with van der Waals surface area (Å²) < 4.78 is 4.59. The van der Waals surface area contributed by atoms with Gasteiger partial charge in [0.25, 0.3) is 5.91 Å². The molecule has 0 bridgehead atoms. The Labute approximate surface area is 115 Å². The third-order valence-corrected chi connectivity index (χ3v) is 4.11. The molecule has 0 aliphatic heterocycles. The fraction of sp³-hybridized carbons (Fsp3) is 0.500. The van der Waals surface area contributed by atoms with E-state index < -0.39 is 5.97 Å². The Hall–Kier alpha value is -1.07. The number of aryl methyl sites for hydroxylation is 1. The van der Waals surface area contributed by atoms with Crippen LogP contribution in [0.2, 0.25) is 5.02 Å². The minimum absolute atomic E-state index is 0.0452. The van der Waals surface area contributed by atoms with Crippen molar-refractivity contribution < 1.29 is 14.3 Å². The van der Waals surface area contributed by atoms with Gasteiger partial charge in [-0.15, -0.1) is 11.3 Å². The molecule has 0 spiro atoms. The van der Waals surface area contributed by atoms with Crippen molar-refractivity contribution in [1.29, 1.82) is 0 Å². The summed E-state index contributed by atoms with van der Waals surface area (Å²) in [7, 11) is 1.30. The highest BCUT2D eigenvalue weighted by atomic mass is 35.5. The maximum absolute atomic E-state index is 12.3. The predicted octanol–water partition coefficient (Wildman–Crippen LogP) is 2.74. The topological polar surface area (TPSA) is 46.6 Å². The van der Waals surface area contributed by atoms with Gasteiger partial charge in [0, 0.05) is 6.54 Å². The van der Waals surface area contributed by atoms with Gasteiger partial charge in [0.1, 0.15) is 11.4 Å². The van der Waals surface area contributed by atoms with Gasteiger partial charge in [-0.3, -0.25) is 9.59 Å². The van der Waals surface area contributed by atoms with E-state index in [9.17, 15) is 9.59 Å². The first-order valence-electron chi connectivity index (χ1n) is 5.60. The van der Waals surface area contributed by atoms with Gasteiger partial charge >= 0.3 is 5.97 Å². The number of hydrogen-bond acceptors (Lipinski definition) is 4. The number of carbonyl (C=O) groups excluding carboxylic acids is 2. The maximum Gasteiger partial charge on any atom is 0.325 e. The molecule has 4 nitrogen and oxygen atoms in total. The van der Waals surface area contributed by atoms with Crippen LogP contribution in [0.5, 0.6) is 0 Å². The third-order valence-electron chi connectivity index (χ3n) is 2.42. The Morgan fingerprint density at radius 3 is 2.61 bits per heavy atom. The van der Waals surface area contributed by atoms with Gasteiger partial charge in [-0.2, -0.15) is 0 Å². The van der Waals surface area contributed by atoms with Crippen LogP contribution < -0.4 is 0 Å². The lowest BCUT2D eigenvalue weighted by molar-refractivity contribution is -0.141. The smallest absolute Gasteiger partial charge is 0.325 e. The average Bonchev–Trinajstić information content (AvgIpc) is 2.68. The van der Waals surface area contributed by atoms with Gasteiger partial charge in [-0.1, -0.05) is 18.5 Å². The summed E-state index contributed by atoms with van der Waals surface area (Å²) in [6, 6.07) is 0. The van der Waals surface area contributed by atoms with Crippen molar-refractivity contribution in [2.75, 3.05) is 20.2 Å². The normalized spacial score (nSPS) is 10.2. The number of nitrogens with zero attached hydrogens (tertiary/aromatic N) is 1. The molecule has 0 saturated carbocycles. The first-order valence-corrected chi connectivity index (χ1v) is 6.86. The molecule has 0 aromatic carbocycles. The fourth-order valence-electron chi connectivity index (χ4n) is 1.46. The summed E-state index contributed by atoms with van der Waals surface area (Å²) >= 11 is 7.36. The van der Waals surface area contributed by atoms with E-state index in [2.05, 4.69) is 4.74 Å². The third kappa shape index (κ3) is 3.46. The SMILES string of the molecule is CCCN(CC(=O)OC)C(=O)c1scc(C)c1Cl.